The second kappa shape index (κ2) is 5.20. The Bertz CT molecular complexity index is 670. The highest BCUT2D eigenvalue weighted by Gasteiger charge is 2.05. The highest BCUT2D eigenvalue weighted by Crippen LogP contribution is 2.31. The van der Waals surface area contributed by atoms with Crippen LogP contribution in [0, 0.1) is 0 Å². The summed E-state index contributed by atoms with van der Waals surface area (Å²) in [7, 11) is 0. The van der Waals surface area contributed by atoms with Crippen molar-refractivity contribution in [2.24, 2.45) is 0 Å². The van der Waals surface area contributed by atoms with Gasteiger partial charge in [-0.1, -0.05) is 35.6 Å². The number of nitrogens with zero attached hydrogens (tertiary/aromatic N) is 1. The molecule has 0 aliphatic rings. The van der Waals surface area contributed by atoms with Crippen LogP contribution in [0.25, 0.3) is 10.2 Å². The number of para-hydroxylation sites is 1. The lowest BCUT2D eigenvalue weighted by atomic mass is 10.2. The molecule has 0 spiro atoms. The summed E-state index contributed by atoms with van der Waals surface area (Å²) in [5.74, 6) is 0.730. The number of aromatic nitrogens is 1. The SMILES string of the molecule is O=CCc1ccc(Oc2nc3ccccc3s2)cc1. The van der Waals surface area contributed by atoms with Crippen LogP contribution >= 0.6 is 11.3 Å². The van der Waals surface area contributed by atoms with Crippen LogP contribution in [0.3, 0.4) is 0 Å². The molecule has 1 aromatic heterocycles. The molecule has 0 saturated heterocycles. The minimum Gasteiger partial charge on any atom is -0.431 e. The first-order valence-corrected chi connectivity index (χ1v) is 6.73. The van der Waals surface area contributed by atoms with E-state index in [-0.39, 0.29) is 0 Å². The number of carbonyl (C=O) groups is 1. The van der Waals surface area contributed by atoms with Crippen molar-refractivity contribution in [1.29, 1.82) is 0 Å². The van der Waals surface area contributed by atoms with E-state index in [1.54, 1.807) is 0 Å². The molecule has 0 radical (unpaired) electrons. The van der Waals surface area contributed by atoms with Crippen LogP contribution in [0.4, 0.5) is 0 Å². The zero-order valence-corrected chi connectivity index (χ0v) is 10.9. The molecule has 0 bridgehead atoms. The van der Waals surface area contributed by atoms with Gasteiger partial charge < -0.3 is 9.53 Å². The molecule has 0 N–H and O–H groups in total. The van der Waals surface area contributed by atoms with Gasteiger partial charge in [-0.3, -0.25) is 0 Å². The zero-order valence-electron chi connectivity index (χ0n) is 10.1. The van der Waals surface area contributed by atoms with Gasteiger partial charge in [0.25, 0.3) is 5.19 Å². The summed E-state index contributed by atoms with van der Waals surface area (Å²) in [6, 6.07) is 15.4. The number of ether oxygens (including phenoxy) is 1. The van der Waals surface area contributed by atoms with Gasteiger partial charge in [0.15, 0.2) is 0 Å². The Morgan fingerprint density at radius 2 is 1.89 bits per heavy atom. The van der Waals surface area contributed by atoms with Crippen LogP contribution < -0.4 is 4.74 Å². The van der Waals surface area contributed by atoms with Crippen LogP contribution in [0.5, 0.6) is 10.9 Å². The molecule has 0 aliphatic carbocycles. The third-order valence-electron chi connectivity index (χ3n) is 2.72. The van der Waals surface area contributed by atoms with Gasteiger partial charge in [0, 0.05) is 6.42 Å². The molecule has 1 heterocycles. The van der Waals surface area contributed by atoms with Gasteiger partial charge in [0.1, 0.15) is 12.0 Å². The van der Waals surface area contributed by atoms with Crippen molar-refractivity contribution in [1.82, 2.24) is 4.98 Å². The summed E-state index contributed by atoms with van der Waals surface area (Å²) in [6.45, 7) is 0. The van der Waals surface area contributed by atoms with Crippen molar-refractivity contribution < 1.29 is 9.53 Å². The van der Waals surface area contributed by atoms with E-state index in [9.17, 15) is 4.79 Å². The van der Waals surface area contributed by atoms with E-state index in [0.29, 0.717) is 11.6 Å². The molecule has 0 amide bonds. The van der Waals surface area contributed by atoms with Gasteiger partial charge in [-0.05, 0) is 29.8 Å². The first-order valence-electron chi connectivity index (χ1n) is 5.91. The molecule has 0 saturated carbocycles. The number of hydrogen-bond acceptors (Lipinski definition) is 4. The van der Waals surface area contributed by atoms with E-state index in [4.69, 9.17) is 4.74 Å². The Balaban J connectivity index is 1.82. The third kappa shape index (κ3) is 2.63. The van der Waals surface area contributed by atoms with Crippen molar-refractivity contribution in [3.05, 3.63) is 54.1 Å². The van der Waals surface area contributed by atoms with Crippen LogP contribution in [0.1, 0.15) is 5.56 Å². The lowest BCUT2D eigenvalue weighted by molar-refractivity contribution is -0.107. The molecule has 2 aromatic carbocycles. The number of carbonyl (C=O) groups excluding carboxylic acids is 1. The van der Waals surface area contributed by atoms with Crippen LogP contribution in [-0.2, 0) is 11.2 Å². The van der Waals surface area contributed by atoms with E-state index in [1.807, 2.05) is 48.5 Å². The molecule has 19 heavy (non-hydrogen) atoms. The van der Waals surface area contributed by atoms with Crippen LogP contribution in [0.15, 0.2) is 48.5 Å². The summed E-state index contributed by atoms with van der Waals surface area (Å²) >= 11 is 1.52. The van der Waals surface area contributed by atoms with E-state index < -0.39 is 0 Å². The van der Waals surface area contributed by atoms with E-state index in [2.05, 4.69) is 4.98 Å². The lowest BCUT2D eigenvalue weighted by Gasteiger charge is -2.01. The fraction of sp³-hybridized carbons (Fsp3) is 0.0667. The van der Waals surface area contributed by atoms with Crippen molar-refractivity contribution in [2.45, 2.75) is 6.42 Å². The molecular formula is C15H11NO2S. The summed E-state index contributed by atoms with van der Waals surface area (Å²) < 4.78 is 6.82. The van der Waals surface area contributed by atoms with E-state index in [1.165, 1.54) is 11.3 Å². The highest BCUT2D eigenvalue weighted by molar-refractivity contribution is 7.20. The van der Waals surface area contributed by atoms with Crippen molar-refractivity contribution in [3.63, 3.8) is 0 Å². The van der Waals surface area contributed by atoms with Gasteiger partial charge in [0.2, 0.25) is 0 Å². The second-order valence-corrected chi connectivity index (χ2v) is 5.06. The molecular weight excluding hydrogens is 258 g/mol. The van der Waals surface area contributed by atoms with Gasteiger partial charge in [-0.15, -0.1) is 0 Å². The minimum atomic E-state index is 0.432. The summed E-state index contributed by atoms with van der Waals surface area (Å²) in [5.41, 5.74) is 1.92. The quantitative estimate of drug-likeness (QED) is 0.676. The summed E-state index contributed by atoms with van der Waals surface area (Å²) in [5, 5.41) is 0.629. The standard InChI is InChI=1S/C15H11NO2S/c17-10-9-11-5-7-12(8-6-11)18-15-16-13-3-1-2-4-14(13)19-15/h1-8,10H,9H2. The normalized spacial score (nSPS) is 10.5. The van der Waals surface area contributed by atoms with Gasteiger partial charge in [-0.2, -0.15) is 0 Å². The molecule has 3 nitrogen and oxygen atoms in total. The average molecular weight is 269 g/mol. The van der Waals surface area contributed by atoms with Crippen molar-refractivity contribution in [3.8, 4) is 10.9 Å². The summed E-state index contributed by atoms with van der Waals surface area (Å²) in [4.78, 5) is 14.8. The number of aldehydes is 1. The van der Waals surface area contributed by atoms with Gasteiger partial charge in [0.05, 0.1) is 10.2 Å². The molecule has 94 valence electrons. The predicted molar refractivity (Wildman–Crippen MR) is 75.9 cm³/mol. The number of rotatable bonds is 4. The Morgan fingerprint density at radius 3 is 2.63 bits per heavy atom. The van der Waals surface area contributed by atoms with Crippen molar-refractivity contribution in [2.75, 3.05) is 0 Å². The van der Waals surface area contributed by atoms with Crippen molar-refractivity contribution >= 4 is 27.8 Å². The average Bonchev–Trinajstić information content (AvgIpc) is 2.83. The predicted octanol–water partition coefficient (Wildman–Crippen LogP) is 3.83. The highest BCUT2D eigenvalue weighted by atomic mass is 32.1. The lowest BCUT2D eigenvalue weighted by Crippen LogP contribution is -1.87. The fourth-order valence-electron chi connectivity index (χ4n) is 1.79. The van der Waals surface area contributed by atoms with Crippen LogP contribution in [0.2, 0.25) is 0 Å². The Labute approximate surface area is 114 Å². The van der Waals surface area contributed by atoms with E-state index in [0.717, 1.165) is 27.8 Å². The van der Waals surface area contributed by atoms with Gasteiger partial charge in [-0.25, -0.2) is 4.98 Å². The fourth-order valence-corrected chi connectivity index (χ4v) is 2.62. The Hall–Kier alpha value is -2.20. The monoisotopic (exact) mass is 269 g/mol. The molecule has 0 unspecified atom stereocenters. The maximum atomic E-state index is 10.4. The second-order valence-electron chi connectivity index (χ2n) is 4.06. The number of hydrogen-bond donors (Lipinski definition) is 0. The molecule has 3 aromatic rings. The number of benzene rings is 2. The molecule has 4 heteroatoms. The first-order chi connectivity index (χ1) is 9.35. The molecule has 3 rings (SSSR count). The van der Waals surface area contributed by atoms with Crippen LogP contribution in [-0.4, -0.2) is 11.3 Å². The molecule has 0 aliphatic heterocycles. The number of thiazole rings is 1. The molecule has 0 fully saturated rings. The van der Waals surface area contributed by atoms with Gasteiger partial charge >= 0.3 is 0 Å². The maximum Gasteiger partial charge on any atom is 0.279 e. The topological polar surface area (TPSA) is 39.2 Å². The Morgan fingerprint density at radius 1 is 1.11 bits per heavy atom. The Kier molecular flexibility index (Phi) is 3.25. The maximum absolute atomic E-state index is 10.4. The zero-order chi connectivity index (χ0) is 13.1. The minimum absolute atomic E-state index is 0.432. The smallest absolute Gasteiger partial charge is 0.279 e. The first kappa shape index (κ1) is 11.9. The van der Waals surface area contributed by atoms with E-state index >= 15 is 0 Å². The summed E-state index contributed by atoms with van der Waals surface area (Å²) in [6.07, 6.45) is 1.32. The third-order valence-corrected chi connectivity index (χ3v) is 3.64. The largest absolute Gasteiger partial charge is 0.431 e. The number of fused-ring (bicyclic) bond motifs is 1. The molecule has 0 atom stereocenters.